The number of nitrogens with one attached hydrogen (secondary N) is 1. The zero-order chi connectivity index (χ0) is 11.1. The Morgan fingerprint density at radius 3 is 2.53 bits per heavy atom. The molecule has 1 saturated carbocycles. The molecule has 0 aromatic heterocycles. The van der Waals surface area contributed by atoms with E-state index in [1.807, 2.05) is 6.92 Å². The molecule has 0 bridgehead atoms. The van der Waals surface area contributed by atoms with Gasteiger partial charge in [-0.25, -0.2) is 0 Å². The molecule has 2 atom stereocenters. The Balaban J connectivity index is 2.01. The molecule has 1 aliphatic carbocycles. The van der Waals surface area contributed by atoms with E-state index in [1.165, 1.54) is 0 Å². The average molecular weight is 233 g/mol. The van der Waals surface area contributed by atoms with Crippen LogP contribution in [0.25, 0.3) is 0 Å². The Labute approximate surface area is 91.2 Å². The van der Waals surface area contributed by atoms with Gasteiger partial charge < -0.3 is 5.73 Å². The molecule has 0 amide bonds. The molecular formula is C9H19N3O2S. The van der Waals surface area contributed by atoms with E-state index in [0.29, 0.717) is 6.54 Å². The van der Waals surface area contributed by atoms with Crippen molar-refractivity contribution in [3.05, 3.63) is 0 Å². The molecule has 2 aliphatic rings. The summed E-state index contributed by atoms with van der Waals surface area (Å²) in [6.07, 6.45) is 3.46. The van der Waals surface area contributed by atoms with Gasteiger partial charge in [0.15, 0.2) is 0 Å². The fourth-order valence-corrected chi connectivity index (χ4v) is 3.72. The van der Waals surface area contributed by atoms with Gasteiger partial charge in [0, 0.05) is 24.7 Å². The number of hydrogen-bond donors (Lipinski definition) is 2. The highest BCUT2D eigenvalue weighted by atomic mass is 32.2. The molecule has 0 aromatic carbocycles. The number of piperidine rings is 1. The molecule has 2 unspecified atom stereocenters. The lowest BCUT2D eigenvalue weighted by atomic mass is 10.0. The molecule has 1 heterocycles. The smallest absolute Gasteiger partial charge is 0.279 e. The first-order chi connectivity index (χ1) is 6.99. The Kier molecular flexibility index (Phi) is 3.03. The van der Waals surface area contributed by atoms with E-state index < -0.39 is 10.2 Å². The molecule has 2 fully saturated rings. The van der Waals surface area contributed by atoms with Crippen LogP contribution in [0.4, 0.5) is 0 Å². The van der Waals surface area contributed by atoms with E-state index in [2.05, 4.69) is 4.72 Å². The summed E-state index contributed by atoms with van der Waals surface area (Å²) < 4.78 is 28.1. The zero-order valence-corrected chi connectivity index (χ0v) is 9.83. The maximum absolute atomic E-state index is 11.9. The van der Waals surface area contributed by atoms with Crippen molar-refractivity contribution in [2.75, 3.05) is 6.54 Å². The summed E-state index contributed by atoms with van der Waals surface area (Å²) in [5.74, 6) is 0. The predicted octanol–water partition coefficient (Wildman–Crippen LogP) is -0.205. The summed E-state index contributed by atoms with van der Waals surface area (Å²) in [5, 5.41) is 0. The van der Waals surface area contributed by atoms with Gasteiger partial charge in [-0.1, -0.05) is 0 Å². The third-order valence-electron chi connectivity index (χ3n) is 3.06. The molecule has 2 rings (SSSR count). The Hall–Kier alpha value is -0.170. The third-order valence-corrected chi connectivity index (χ3v) is 4.85. The predicted molar refractivity (Wildman–Crippen MR) is 58.5 cm³/mol. The van der Waals surface area contributed by atoms with Gasteiger partial charge in [0.2, 0.25) is 0 Å². The van der Waals surface area contributed by atoms with Gasteiger partial charge in [-0.2, -0.15) is 17.4 Å². The molecule has 1 aliphatic heterocycles. The second kappa shape index (κ2) is 4.01. The maximum atomic E-state index is 11.9. The third kappa shape index (κ3) is 2.69. The van der Waals surface area contributed by atoms with Crippen LogP contribution in [0.15, 0.2) is 0 Å². The number of nitrogens with zero attached hydrogens (tertiary/aromatic N) is 1. The Morgan fingerprint density at radius 2 is 2.00 bits per heavy atom. The van der Waals surface area contributed by atoms with E-state index in [4.69, 9.17) is 5.73 Å². The van der Waals surface area contributed by atoms with Crippen LogP contribution in [0, 0.1) is 0 Å². The fraction of sp³-hybridized carbons (Fsp3) is 1.00. The molecule has 1 saturated heterocycles. The molecule has 3 N–H and O–H groups in total. The quantitative estimate of drug-likeness (QED) is 0.708. The van der Waals surface area contributed by atoms with Crippen molar-refractivity contribution in [2.24, 2.45) is 5.73 Å². The summed E-state index contributed by atoms with van der Waals surface area (Å²) in [4.78, 5) is 0. The summed E-state index contributed by atoms with van der Waals surface area (Å²) in [7, 11) is -3.26. The highest BCUT2D eigenvalue weighted by Gasteiger charge is 2.35. The molecule has 0 radical (unpaired) electrons. The van der Waals surface area contributed by atoms with Gasteiger partial charge in [0.05, 0.1) is 0 Å². The summed E-state index contributed by atoms with van der Waals surface area (Å²) in [6, 6.07) is 0.343. The van der Waals surface area contributed by atoms with Crippen LogP contribution in [0.5, 0.6) is 0 Å². The zero-order valence-electron chi connectivity index (χ0n) is 9.02. The molecule has 0 spiro atoms. The number of rotatable bonds is 3. The SMILES string of the molecule is CC1CC(N)CCN1S(=O)(=O)NC1CC1. The minimum absolute atomic E-state index is 0.0185. The van der Waals surface area contributed by atoms with Crippen LogP contribution < -0.4 is 10.5 Å². The summed E-state index contributed by atoms with van der Waals surface area (Å²) >= 11 is 0. The molecule has 6 heteroatoms. The molecule has 88 valence electrons. The second-order valence-electron chi connectivity index (χ2n) is 4.64. The lowest BCUT2D eigenvalue weighted by Gasteiger charge is -2.35. The Morgan fingerprint density at radius 1 is 1.33 bits per heavy atom. The molecule has 0 aromatic rings. The van der Waals surface area contributed by atoms with Crippen molar-refractivity contribution in [2.45, 2.75) is 50.7 Å². The van der Waals surface area contributed by atoms with Crippen LogP contribution in [0.1, 0.15) is 32.6 Å². The Bertz CT molecular complexity index is 326. The minimum atomic E-state index is -3.26. The maximum Gasteiger partial charge on any atom is 0.279 e. The highest BCUT2D eigenvalue weighted by molar-refractivity contribution is 7.87. The van der Waals surface area contributed by atoms with Gasteiger partial charge in [-0.3, -0.25) is 0 Å². The summed E-state index contributed by atoms with van der Waals surface area (Å²) in [6.45, 7) is 2.47. The summed E-state index contributed by atoms with van der Waals surface area (Å²) in [5.41, 5.74) is 5.80. The average Bonchev–Trinajstić information content (AvgIpc) is 2.86. The lowest BCUT2D eigenvalue weighted by Crippen LogP contribution is -2.52. The molecule has 5 nitrogen and oxygen atoms in total. The van der Waals surface area contributed by atoms with Crippen LogP contribution >= 0.6 is 0 Å². The minimum Gasteiger partial charge on any atom is -0.328 e. The number of hydrogen-bond acceptors (Lipinski definition) is 3. The first kappa shape index (κ1) is 11.3. The van der Waals surface area contributed by atoms with Crippen LogP contribution in [-0.4, -0.2) is 37.4 Å². The van der Waals surface area contributed by atoms with E-state index in [9.17, 15) is 8.42 Å². The monoisotopic (exact) mass is 233 g/mol. The van der Waals surface area contributed by atoms with Gasteiger partial charge in [-0.05, 0) is 32.6 Å². The second-order valence-corrected chi connectivity index (χ2v) is 6.30. The van der Waals surface area contributed by atoms with Crippen LogP contribution in [0.3, 0.4) is 0 Å². The van der Waals surface area contributed by atoms with Gasteiger partial charge in [0.25, 0.3) is 10.2 Å². The topological polar surface area (TPSA) is 75.4 Å². The van der Waals surface area contributed by atoms with E-state index in [0.717, 1.165) is 25.7 Å². The van der Waals surface area contributed by atoms with E-state index >= 15 is 0 Å². The van der Waals surface area contributed by atoms with Crippen LogP contribution in [0.2, 0.25) is 0 Å². The van der Waals surface area contributed by atoms with Crippen molar-refractivity contribution < 1.29 is 8.42 Å². The lowest BCUT2D eigenvalue weighted by molar-refractivity contribution is 0.244. The van der Waals surface area contributed by atoms with Crippen molar-refractivity contribution in [1.82, 2.24) is 9.03 Å². The van der Waals surface area contributed by atoms with Crippen molar-refractivity contribution >= 4 is 10.2 Å². The van der Waals surface area contributed by atoms with Crippen LogP contribution in [-0.2, 0) is 10.2 Å². The largest absolute Gasteiger partial charge is 0.328 e. The number of nitrogens with two attached hydrogens (primary N) is 1. The van der Waals surface area contributed by atoms with Gasteiger partial charge in [0.1, 0.15) is 0 Å². The van der Waals surface area contributed by atoms with E-state index in [-0.39, 0.29) is 18.1 Å². The highest BCUT2D eigenvalue weighted by Crippen LogP contribution is 2.24. The first-order valence-electron chi connectivity index (χ1n) is 5.54. The van der Waals surface area contributed by atoms with Crippen molar-refractivity contribution in [3.63, 3.8) is 0 Å². The standard InChI is InChI=1S/C9H19N3O2S/c1-7-6-8(10)4-5-12(7)15(13,14)11-9-2-3-9/h7-9,11H,2-6,10H2,1H3. The molecule has 15 heavy (non-hydrogen) atoms. The van der Waals surface area contributed by atoms with E-state index in [1.54, 1.807) is 4.31 Å². The molecular weight excluding hydrogens is 214 g/mol. The van der Waals surface area contributed by atoms with Gasteiger partial charge >= 0.3 is 0 Å². The normalized spacial score (nSPS) is 34.3. The van der Waals surface area contributed by atoms with Gasteiger partial charge in [-0.15, -0.1) is 0 Å². The fourth-order valence-electron chi connectivity index (χ4n) is 2.02. The first-order valence-corrected chi connectivity index (χ1v) is 6.98. The van der Waals surface area contributed by atoms with Crippen molar-refractivity contribution in [3.8, 4) is 0 Å². The van der Waals surface area contributed by atoms with Crippen molar-refractivity contribution in [1.29, 1.82) is 0 Å².